The number of carbonyl (C=O) groups is 1. The van der Waals surface area contributed by atoms with Crippen LogP contribution in [0.1, 0.15) is 12.5 Å². The smallest absolute Gasteiger partial charge is 0.267 e. The first-order valence-corrected chi connectivity index (χ1v) is 12.2. The normalized spacial score (nSPS) is 12.1. The van der Waals surface area contributed by atoms with E-state index in [1.54, 1.807) is 61.5 Å². The average molecular weight is 498 g/mol. The molecule has 10 heteroatoms. The van der Waals surface area contributed by atoms with E-state index in [1.165, 1.54) is 11.6 Å². The molecule has 0 aliphatic rings. The Kier molecular flexibility index (Phi) is 10.1. The van der Waals surface area contributed by atoms with E-state index >= 15 is 0 Å². The Morgan fingerprint density at radius 1 is 1.00 bits per heavy atom. The van der Waals surface area contributed by atoms with Gasteiger partial charge in [0.15, 0.2) is 0 Å². The first-order chi connectivity index (χ1) is 15.3. The van der Waals surface area contributed by atoms with Crippen molar-refractivity contribution in [3.05, 3.63) is 71.8 Å². The van der Waals surface area contributed by atoms with Crippen molar-refractivity contribution in [2.24, 2.45) is 0 Å². The Bertz CT molecular complexity index is 1050. The van der Waals surface area contributed by atoms with E-state index < -0.39 is 15.9 Å². The largest absolute Gasteiger partial charge is 0.369 e. The summed E-state index contributed by atoms with van der Waals surface area (Å²) < 4.78 is 28.0. The van der Waals surface area contributed by atoms with Crippen molar-refractivity contribution in [1.82, 2.24) is 5.48 Å². The zero-order chi connectivity index (χ0) is 23.6. The topological polar surface area (TPSA) is 98.7 Å². The molecule has 3 N–H and O–H groups in total. The predicted octanol–water partition coefficient (Wildman–Crippen LogP) is 4.24. The Hall–Kier alpha value is -2.52. The van der Waals surface area contributed by atoms with E-state index in [1.807, 2.05) is 11.0 Å². The maximum absolute atomic E-state index is 12.7. The van der Waals surface area contributed by atoms with Crippen LogP contribution in [-0.2, 0) is 14.8 Å². The van der Waals surface area contributed by atoms with Gasteiger partial charge in [-0.1, -0.05) is 29.9 Å². The lowest BCUT2D eigenvalue weighted by molar-refractivity contribution is -0.124. The first kappa shape index (κ1) is 25.7. The average Bonchev–Trinajstić information content (AvgIpc) is 2.78. The van der Waals surface area contributed by atoms with E-state index in [4.69, 9.17) is 28.4 Å². The molecule has 1 amide bonds. The summed E-state index contributed by atoms with van der Waals surface area (Å²) in [4.78, 5) is 13.2. The molecule has 0 atom stereocenters. The summed E-state index contributed by atoms with van der Waals surface area (Å²) in [6.45, 7) is 3.02. The molecular formula is C22H25Cl2N3O4S. The van der Waals surface area contributed by atoms with E-state index in [9.17, 15) is 13.2 Å². The number of halogens is 2. The van der Waals surface area contributed by atoms with Gasteiger partial charge in [0.2, 0.25) is 0 Å². The first-order valence-electron chi connectivity index (χ1n) is 9.69. The van der Waals surface area contributed by atoms with Crippen molar-refractivity contribution < 1.29 is 18.4 Å². The molecule has 2 aromatic carbocycles. The van der Waals surface area contributed by atoms with Crippen LogP contribution < -0.4 is 15.1 Å². The highest BCUT2D eigenvalue weighted by molar-refractivity contribution is 7.92. The molecule has 0 heterocycles. The number of carbonyl (C=O) groups excluding carboxylic acids is 1. The maximum Gasteiger partial charge on any atom is 0.267 e. The molecule has 0 fully saturated rings. The van der Waals surface area contributed by atoms with Gasteiger partial charge >= 0.3 is 0 Å². The lowest BCUT2D eigenvalue weighted by atomic mass is 10.1. The number of hydrogen-bond acceptors (Lipinski definition) is 5. The second-order valence-corrected chi connectivity index (χ2v) is 9.22. The third-order valence-corrected chi connectivity index (χ3v) is 6.12. The molecule has 0 saturated heterocycles. The van der Waals surface area contributed by atoms with Gasteiger partial charge < -0.3 is 4.90 Å². The molecule has 0 bridgehead atoms. The van der Waals surface area contributed by atoms with Crippen molar-refractivity contribution in [3.8, 4) is 0 Å². The Balaban J connectivity index is 2.10. The molecule has 0 aliphatic carbocycles. The van der Waals surface area contributed by atoms with Gasteiger partial charge in [0.25, 0.3) is 15.9 Å². The standard InChI is InChI=1S/C22H25Cl2N3O4S/c1-17(2-11-22(28)25-29)16-18-3-5-19(6-4-18)26-32(30,31)21-9-7-20(8-10-21)27(14-12-23)15-13-24/h2-11,16,26,29H,12-15H2,1H3,(H,25,28). The van der Waals surface area contributed by atoms with Crippen LogP contribution in [0.3, 0.4) is 0 Å². The highest BCUT2D eigenvalue weighted by atomic mass is 35.5. The summed E-state index contributed by atoms with van der Waals surface area (Å²) in [7, 11) is -3.75. The van der Waals surface area contributed by atoms with Gasteiger partial charge in [-0.25, -0.2) is 13.9 Å². The molecule has 2 aromatic rings. The number of allylic oxidation sites excluding steroid dienone is 2. The van der Waals surface area contributed by atoms with Gasteiger partial charge in [-0.2, -0.15) is 0 Å². The molecule has 0 unspecified atom stereocenters. The minimum atomic E-state index is -3.75. The van der Waals surface area contributed by atoms with Crippen LogP contribution in [0.25, 0.3) is 6.08 Å². The molecule has 7 nitrogen and oxygen atoms in total. The number of sulfonamides is 1. The quantitative estimate of drug-likeness (QED) is 0.142. The third kappa shape index (κ3) is 7.87. The monoisotopic (exact) mass is 497 g/mol. The molecular weight excluding hydrogens is 473 g/mol. The number of anilines is 2. The lowest BCUT2D eigenvalue weighted by Crippen LogP contribution is -2.27. The van der Waals surface area contributed by atoms with Crippen molar-refractivity contribution in [2.75, 3.05) is 34.5 Å². The number of hydroxylamine groups is 1. The third-order valence-electron chi connectivity index (χ3n) is 4.39. The molecule has 2 rings (SSSR count). The summed E-state index contributed by atoms with van der Waals surface area (Å²) in [6.07, 6.45) is 4.56. The van der Waals surface area contributed by atoms with Gasteiger partial charge in [0, 0.05) is 42.3 Å². The van der Waals surface area contributed by atoms with E-state index in [0.29, 0.717) is 30.5 Å². The van der Waals surface area contributed by atoms with E-state index in [-0.39, 0.29) is 4.90 Å². The minimum Gasteiger partial charge on any atom is -0.369 e. The maximum atomic E-state index is 12.7. The van der Waals surface area contributed by atoms with Crippen molar-refractivity contribution in [3.63, 3.8) is 0 Å². The minimum absolute atomic E-state index is 0.144. The lowest BCUT2D eigenvalue weighted by Gasteiger charge is -2.23. The number of amides is 1. The SMILES string of the molecule is CC(C=CC(=O)NO)=Cc1ccc(NS(=O)(=O)c2ccc(N(CCCl)CCCl)cc2)cc1. The van der Waals surface area contributed by atoms with Crippen LogP contribution in [0.2, 0.25) is 0 Å². The summed E-state index contributed by atoms with van der Waals surface area (Å²) in [5, 5.41) is 8.49. The second-order valence-electron chi connectivity index (χ2n) is 6.78. The number of nitrogens with one attached hydrogen (secondary N) is 2. The van der Waals surface area contributed by atoms with Gasteiger partial charge in [-0.15, -0.1) is 23.2 Å². The molecule has 32 heavy (non-hydrogen) atoms. The van der Waals surface area contributed by atoms with Crippen molar-refractivity contribution >= 4 is 56.6 Å². The highest BCUT2D eigenvalue weighted by Crippen LogP contribution is 2.21. The number of alkyl halides is 2. The number of benzene rings is 2. The van der Waals surface area contributed by atoms with Gasteiger partial charge in [0.1, 0.15) is 0 Å². The zero-order valence-corrected chi connectivity index (χ0v) is 19.8. The number of rotatable bonds is 11. The summed E-state index contributed by atoms with van der Waals surface area (Å²) in [5.41, 5.74) is 4.39. The summed E-state index contributed by atoms with van der Waals surface area (Å²) in [6, 6.07) is 13.4. The van der Waals surface area contributed by atoms with E-state index in [2.05, 4.69) is 4.72 Å². The molecule has 0 saturated carbocycles. The van der Waals surface area contributed by atoms with Crippen LogP contribution in [-0.4, -0.2) is 44.4 Å². The van der Waals surface area contributed by atoms with Gasteiger partial charge in [-0.05, 0) is 48.9 Å². The fraction of sp³-hybridized carbons (Fsp3) is 0.227. The molecule has 0 aliphatic heterocycles. The van der Waals surface area contributed by atoms with Crippen LogP contribution in [0.4, 0.5) is 11.4 Å². The van der Waals surface area contributed by atoms with Gasteiger partial charge in [-0.3, -0.25) is 14.7 Å². The molecule has 0 spiro atoms. The van der Waals surface area contributed by atoms with Crippen LogP contribution >= 0.6 is 23.2 Å². The Labute approximate surface area is 198 Å². The molecule has 0 radical (unpaired) electrons. The number of hydrogen-bond donors (Lipinski definition) is 3. The molecule has 0 aromatic heterocycles. The van der Waals surface area contributed by atoms with Crippen molar-refractivity contribution in [1.29, 1.82) is 0 Å². The Morgan fingerprint density at radius 3 is 2.12 bits per heavy atom. The van der Waals surface area contributed by atoms with Crippen LogP contribution in [0.15, 0.2) is 71.2 Å². The summed E-state index contributed by atoms with van der Waals surface area (Å²) >= 11 is 11.7. The summed E-state index contributed by atoms with van der Waals surface area (Å²) in [5.74, 6) is 0.260. The van der Waals surface area contributed by atoms with Crippen molar-refractivity contribution in [2.45, 2.75) is 11.8 Å². The molecule has 172 valence electrons. The zero-order valence-electron chi connectivity index (χ0n) is 17.5. The second kappa shape index (κ2) is 12.5. The fourth-order valence-corrected chi connectivity index (χ4v) is 4.29. The Morgan fingerprint density at radius 2 is 1.59 bits per heavy atom. The fourth-order valence-electron chi connectivity index (χ4n) is 2.83. The number of nitrogens with zero attached hydrogens (tertiary/aromatic N) is 1. The van der Waals surface area contributed by atoms with Crippen LogP contribution in [0, 0.1) is 0 Å². The predicted molar refractivity (Wildman–Crippen MR) is 130 cm³/mol. The van der Waals surface area contributed by atoms with Crippen LogP contribution in [0.5, 0.6) is 0 Å². The highest BCUT2D eigenvalue weighted by Gasteiger charge is 2.15. The van der Waals surface area contributed by atoms with Gasteiger partial charge in [0.05, 0.1) is 4.90 Å². The van der Waals surface area contributed by atoms with E-state index in [0.717, 1.165) is 16.8 Å².